The van der Waals surface area contributed by atoms with Gasteiger partial charge >= 0.3 is 0 Å². The molecule has 0 spiro atoms. The van der Waals surface area contributed by atoms with Crippen LogP contribution in [0, 0.1) is 0 Å². The number of hydrogen-bond donors (Lipinski definition) is 0. The first-order valence-electron chi connectivity index (χ1n) is 10.9. The number of nitrogens with zero attached hydrogens (tertiary/aromatic N) is 3. The lowest BCUT2D eigenvalue weighted by Crippen LogP contribution is -2.48. The smallest absolute Gasteiger partial charge is 0.136 e. The SMILES string of the molecule is Clc1ccc2c(c1)CC=C(c1ccccc1)C(N1CCN(Cc3ccccc3)CC1)=N2. The van der Waals surface area contributed by atoms with E-state index >= 15 is 0 Å². The second-order valence-corrected chi connectivity index (χ2v) is 8.58. The highest BCUT2D eigenvalue weighted by Crippen LogP contribution is 2.32. The molecule has 0 bridgehead atoms. The molecule has 2 heterocycles. The Morgan fingerprint density at radius 1 is 0.806 bits per heavy atom. The fraction of sp³-hybridized carbons (Fsp3) is 0.222. The molecule has 0 N–H and O–H groups in total. The summed E-state index contributed by atoms with van der Waals surface area (Å²) in [5, 5.41) is 0.765. The van der Waals surface area contributed by atoms with Gasteiger partial charge in [0.15, 0.2) is 0 Å². The van der Waals surface area contributed by atoms with Crippen molar-refractivity contribution < 1.29 is 0 Å². The number of rotatable bonds is 3. The van der Waals surface area contributed by atoms with E-state index in [0.717, 1.165) is 55.7 Å². The second-order valence-electron chi connectivity index (χ2n) is 8.15. The number of amidine groups is 1. The van der Waals surface area contributed by atoms with Crippen LogP contribution in [-0.4, -0.2) is 41.8 Å². The lowest BCUT2D eigenvalue weighted by molar-refractivity contribution is 0.176. The number of halogens is 1. The van der Waals surface area contributed by atoms with Gasteiger partial charge in [-0.05, 0) is 41.3 Å². The second kappa shape index (κ2) is 9.09. The van der Waals surface area contributed by atoms with E-state index in [2.05, 4.69) is 76.5 Å². The fourth-order valence-corrected chi connectivity index (χ4v) is 4.56. The number of aliphatic imine (C=N–C) groups is 1. The molecule has 0 unspecified atom stereocenters. The van der Waals surface area contributed by atoms with Crippen molar-refractivity contribution in [1.82, 2.24) is 9.80 Å². The molecule has 2 aliphatic heterocycles. The summed E-state index contributed by atoms with van der Waals surface area (Å²) in [6.07, 6.45) is 3.15. The van der Waals surface area contributed by atoms with Gasteiger partial charge in [0.05, 0.1) is 5.69 Å². The Labute approximate surface area is 189 Å². The Hall–Kier alpha value is -2.88. The van der Waals surface area contributed by atoms with Crippen LogP contribution in [0.3, 0.4) is 0 Å². The van der Waals surface area contributed by atoms with Gasteiger partial charge in [-0.25, -0.2) is 4.99 Å². The van der Waals surface area contributed by atoms with Crippen LogP contribution in [0.15, 0.2) is 89.9 Å². The quantitative estimate of drug-likeness (QED) is 0.523. The zero-order valence-electron chi connectivity index (χ0n) is 17.5. The summed E-state index contributed by atoms with van der Waals surface area (Å²) in [4.78, 5) is 10.1. The van der Waals surface area contributed by atoms with Gasteiger partial charge in [-0.1, -0.05) is 78.3 Å². The number of piperazine rings is 1. The molecule has 1 fully saturated rings. The summed E-state index contributed by atoms with van der Waals surface area (Å²) < 4.78 is 0. The van der Waals surface area contributed by atoms with Gasteiger partial charge in [-0.15, -0.1) is 0 Å². The topological polar surface area (TPSA) is 18.8 Å². The molecule has 0 atom stereocenters. The number of fused-ring (bicyclic) bond motifs is 1. The Balaban J connectivity index is 1.41. The van der Waals surface area contributed by atoms with Crippen molar-refractivity contribution in [3.8, 4) is 0 Å². The number of hydrogen-bond acceptors (Lipinski definition) is 3. The Morgan fingerprint density at radius 3 is 2.26 bits per heavy atom. The first kappa shape index (κ1) is 20.0. The molecule has 0 saturated carbocycles. The number of benzene rings is 3. The molecule has 3 nitrogen and oxygen atoms in total. The van der Waals surface area contributed by atoms with E-state index in [4.69, 9.17) is 16.6 Å². The lowest BCUT2D eigenvalue weighted by Gasteiger charge is -2.37. The molecule has 0 amide bonds. The molecule has 0 aromatic heterocycles. The third kappa shape index (κ3) is 4.58. The van der Waals surface area contributed by atoms with Crippen LogP contribution >= 0.6 is 11.6 Å². The summed E-state index contributed by atoms with van der Waals surface area (Å²) in [5.41, 5.74) is 6.00. The molecule has 2 aliphatic rings. The van der Waals surface area contributed by atoms with E-state index in [1.165, 1.54) is 22.3 Å². The molecule has 31 heavy (non-hydrogen) atoms. The third-order valence-electron chi connectivity index (χ3n) is 6.04. The van der Waals surface area contributed by atoms with Crippen LogP contribution in [0.25, 0.3) is 5.57 Å². The highest BCUT2D eigenvalue weighted by atomic mass is 35.5. The maximum atomic E-state index is 6.27. The van der Waals surface area contributed by atoms with Gasteiger partial charge in [-0.3, -0.25) is 4.90 Å². The van der Waals surface area contributed by atoms with Gasteiger partial charge in [0.2, 0.25) is 0 Å². The van der Waals surface area contributed by atoms with Crippen LogP contribution < -0.4 is 0 Å². The van der Waals surface area contributed by atoms with Gasteiger partial charge < -0.3 is 4.90 Å². The minimum atomic E-state index is 0.765. The fourth-order valence-electron chi connectivity index (χ4n) is 4.37. The molecule has 3 aromatic carbocycles. The molecule has 1 saturated heterocycles. The van der Waals surface area contributed by atoms with Gasteiger partial charge in [0, 0.05) is 43.3 Å². The van der Waals surface area contributed by atoms with E-state index < -0.39 is 0 Å². The molecule has 3 aromatic rings. The van der Waals surface area contributed by atoms with Crippen LogP contribution in [0.1, 0.15) is 16.7 Å². The minimum Gasteiger partial charge on any atom is -0.354 e. The zero-order chi connectivity index (χ0) is 21.0. The minimum absolute atomic E-state index is 0.765. The monoisotopic (exact) mass is 427 g/mol. The van der Waals surface area contributed by atoms with E-state index in [1.54, 1.807) is 0 Å². The molecular weight excluding hydrogens is 402 g/mol. The van der Waals surface area contributed by atoms with Crippen molar-refractivity contribution in [2.75, 3.05) is 26.2 Å². The van der Waals surface area contributed by atoms with E-state index in [-0.39, 0.29) is 0 Å². The van der Waals surface area contributed by atoms with E-state index in [0.29, 0.717) is 0 Å². The molecule has 0 radical (unpaired) electrons. The van der Waals surface area contributed by atoms with Crippen LogP contribution in [-0.2, 0) is 13.0 Å². The van der Waals surface area contributed by atoms with Gasteiger partial charge in [0.1, 0.15) is 5.84 Å². The number of allylic oxidation sites excluding steroid dienone is 1. The summed E-state index contributed by atoms with van der Waals surface area (Å²) in [7, 11) is 0. The summed E-state index contributed by atoms with van der Waals surface area (Å²) in [5.74, 6) is 1.08. The normalized spacial score (nSPS) is 16.9. The molecular formula is C27H26ClN3. The van der Waals surface area contributed by atoms with Crippen molar-refractivity contribution in [3.63, 3.8) is 0 Å². The lowest BCUT2D eigenvalue weighted by atomic mass is 10.0. The maximum absolute atomic E-state index is 6.27. The predicted octanol–water partition coefficient (Wildman–Crippen LogP) is 5.83. The van der Waals surface area contributed by atoms with Crippen molar-refractivity contribution in [2.24, 2.45) is 4.99 Å². The van der Waals surface area contributed by atoms with Crippen molar-refractivity contribution in [3.05, 3.63) is 107 Å². The van der Waals surface area contributed by atoms with Crippen molar-refractivity contribution in [1.29, 1.82) is 0 Å². The van der Waals surface area contributed by atoms with Gasteiger partial charge in [0.25, 0.3) is 0 Å². The summed E-state index contributed by atoms with van der Waals surface area (Å²) in [6.45, 7) is 5.01. The average molecular weight is 428 g/mol. The molecule has 4 heteroatoms. The van der Waals surface area contributed by atoms with Gasteiger partial charge in [-0.2, -0.15) is 0 Å². The van der Waals surface area contributed by atoms with Crippen molar-refractivity contribution >= 4 is 28.7 Å². The summed E-state index contributed by atoms with van der Waals surface area (Å²) >= 11 is 6.27. The Bertz CT molecular complexity index is 1100. The Morgan fingerprint density at radius 2 is 1.52 bits per heavy atom. The molecule has 0 aliphatic carbocycles. The zero-order valence-corrected chi connectivity index (χ0v) is 18.3. The molecule has 5 rings (SSSR count). The molecule has 156 valence electrons. The first-order chi connectivity index (χ1) is 15.3. The third-order valence-corrected chi connectivity index (χ3v) is 6.28. The summed E-state index contributed by atoms with van der Waals surface area (Å²) in [6, 6.07) is 27.4. The maximum Gasteiger partial charge on any atom is 0.136 e. The van der Waals surface area contributed by atoms with E-state index in [1.807, 2.05) is 18.2 Å². The highest BCUT2D eigenvalue weighted by molar-refractivity contribution is 6.30. The highest BCUT2D eigenvalue weighted by Gasteiger charge is 2.24. The van der Waals surface area contributed by atoms with Crippen LogP contribution in [0.5, 0.6) is 0 Å². The Kier molecular flexibility index (Phi) is 5.88. The predicted molar refractivity (Wildman–Crippen MR) is 130 cm³/mol. The van der Waals surface area contributed by atoms with Crippen LogP contribution in [0.4, 0.5) is 5.69 Å². The standard InChI is InChI=1S/C27H26ClN3/c28-24-12-14-26-23(19-24)11-13-25(22-9-5-2-6-10-22)27(29-26)31-17-15-30(16-18-31)20-21-7-3-1-4-8-21/h1-10,12-14,19H,11,15-18,20H2. The first-order valence-corrected chi connectivity index (χ1v) is 11.3. The van der Waals surface area contributed by atoms with E-state index in [9.17, 15) is 0 Å². The largest absolute Gasteiger partial charge is 0.354 e. The van der Waals surface area contributed by atoms with Crippen molar-refractivity contribution in [2.45, 2.75) is 13.0 Å². The average Bonchev–Trinajstić information content (AvgIpc) is 3.00. The van der Waals surface area contributed by atoms with Crippen LogP contribution in [0.2, 0.25) is 5.02 Å².